The summed E-state index contributed by atoms with van der Waals surface area (Å²) >= 11 is 0. The predicted octanol–water partition coefficient (Wildman–Crippen LogP) is 1.99. The van der Waals surface area contributed by atoms with Gasteiger partial charge < -0.3 is 19.7 Å². The molecule has 0 saturated carbocycles. The number of ether oxygens (including phenoxy) is 2. The van der Waals surface area contributed by atoms with E-state index in [1.54, 1.807) is 38.5 Å². The van der Waals surface area contributed by atoms with E-state index >= 15 is 0 Å². The number of methoxy groups -OCH3 is 2. The summed E-state index contributed by atoms with van der Waals surface area (Å²) in [5, 5.41) is 2.89. The van der Waals surface area contributed by atoms with Gasteiger partial charge in [-0.2, -0.15) is 0 Å². The molecule has 1 amide bonds. The molecule has 2 N–H and O–H groups in total. The maximum absolute atomic E-state index is 12.6. The summed E-state index contributed by atoms with van der Waals surface area (Å²) < 4.78 is 10.6. The highest BCUT2D eigenvalue weighted by atomic mass is 16.5. The largest absolute Gasteiger partial charge is 0.493 e. The summed E-state index contributed by atoms with van der Waals surface area (Å²) in [6.45, 7) is 4.16. The van der Waals surface area contributed by atoms with Gasteiger partial charge in [-0.1, -0.05) is 18.2 Å². The van der Waals surface area contributed by atoms with Crippen LogP contribution in [0, 0.1) is 0 Å². The first-order valence-electron chi connectivity index (χ1n) is 9.31. The molecule has 150 valence electrons. The number of nitrogens with one attached hydrogen (secondary N) is 2. The minimum Gasteiger partial charge on any atom is -0.493 e. The average Bonchev–Trinajstić information content (AvgIpc) is 2.71. The van der Waals surface area contributed by atoms with Crippen molar-refractivity contribution in [2.75, 3.05) is 33.1 Å². The summed E-state index contributed by atoms with van der Waals surface area (Å²) in [5.74, 6) is 1.21. The van der Waals surface area contributed by atoms with Crippen LogP contribution in [-0.2, 0) is 11.2 Å². The molecule has 0 aliphatic carbocycles. The Kier molecular flexibility index (Phi) is 7.58. The van der Waals surface area contributed by atoms with Crippen LogP contribution in [0.3, 0.4) is 0 Å². The second-order valence-corrected chi connectivity index (χ2v) is 6.85. The van der Waals surface area contributed by atoms with Gasteiger partial charge in [-0.15, -0.1) is 0 Å². The molecular formula is C22H29N2O4+. The Morgan fingerprint density at radius 3 is 2.39 bits per heavy atom. The Morgan fingerprint density at radius 2 is 1.75 bits per heavy atom. The number of rotatable bonds is 9. The molecule has 2 atom stereocenters. The molecule has 0 radical (unpaired) electrons. The van der Waals surface area contributed by atoms with Crippen molar-refractivity contribution < 1.29 is 24.0 Å². The lowest BCUT2D eigenvalue weighted by atomic mass is 10.1. The molecule has 1 unspecified atom stereocenters. The first-order valence-corrected chi connectivity index (χ1v) is 9.31. The lowest BCUT2D eigenvalue weighted by Gasteiger charge is -2.21. The van der Waals surface area contributed by atoms with Gasteiger partial charge in [-0.05, 0) is 43.7 Å². The third kappa shape index (κ3) is 5.33. The van der Waals surface area contributed by atoms with Crippen LogP contribution >= 0.6 is 0 Å². The number of Topliss-reactive ketones (excluding diaryl/α,β-unsaturated/α-hetero) is 1. The van der Waals surface area contributed by atoms with Gasteiger partial charge in [0.2, 0.25) is 0 Å². The SMILES string of the molecule is COc1ccc(CC[NH+](C)[C@H](C)C(=O)Nc2ccccc2C(C)=O)cc1OC. The maximum Gasteiger partial charge on any atom is 0.282 e. The zero-order chi connectivity index (χ0) is 20.7. The van der Waals surface area contributed by atoms with Crippen molar-refractivity contribution >= 4 is 17.4 Å². The van der Waals surface area contributed by atoms with E-state index in [0.717, 1.165) is 23.4 Å². The van der Waals surface area contributed by atoms with E-state index in [4.69, 9.17) is 9.47 Å². The highest BCUT2D eigenvalue weighted by Crippen LogP contribution is 2.27. The fourth-order valence-corrected chi connectivity index (χ4v) is 2.96. The minimum atomic E-state index is -0.264. The van der Waals surface area contributed by atoms with E-state index in [2.05, 4.69) is 5.32 Å². The van der Waals surface area contributed by atoms with Gasteiger partial charge in [0.05, 0.1) is 33.5 Å². The quantitative estimate of drug-likeness (QED) is 0.648. The monoisotopic (exact) mass is 385 g/mol. The molecule has 0 aromatic heterocycles. The Labute approximate surface area is 166 Å². The van der Waals surface area contributed by atoms with Crippen LogP contribution < -0.4 is 19.7 Å². The van der Waals surface area contributed by atoms with Crippen LogP contribution in [0.15, 0.2) is 42.5 Å². The highest BCUT2D eigenvalue weighted by Gasteiger charge is 2.23. The molecule has 0 heterocycles. The lowest BCUT2D eigenvalue weighted by Crippen LogP contribution is -3.14. The van der Waals surface area contributed by atoms with Gasteiger partial charge >= 0.3 is 0 Å². The van der Waals surface area contributed by atoms with E-state index in [0.29, 0.717) is 22.7 Å². The molecule has 0 spiro atoms. The second kappa shape index (κ2) is 9.90. The molecule has 0 aliphatic rings. The van der Waals surface area contributed by atoms with E-state index in [-0.39, 0.29) is 17.7 Å². The maximum atomic E-state index is 12.6. The zero-order valence-corrected chi connectivity index (χ0v) is 17.2. The van der Waals surface area contributed by atoms with Crippen LogP contribution in [0.2, 0.25) is 0 Å². The number of benzene rings is 2. The Morgan fingerprint density at radius 1 is 1.07 bits per heavy atom. The standard InChI is InChI=1S/C22H28N2O4/c1-15(22(26)23-19-9-7-6-8-18(19)16(2)25)24(3)13-12-17-10-11-20(27-4)21(14-17)28-5/h6-11,14-15H,12-13H2,1-5H3,(H,23,26)/p+1/t15-/m1/s1. The van der Waals surface area contributed by atoms with E-state index in [9.17, 15) is 9.59 Å². The van der Waals surface area contributed by atoms with Crippen LogP contribution in [-0.4, -0.2) is 45.5 Å². The van der Waals surface area contributed by atoms with Gasteiger partial charge in [0.1, 0.15) is 0 Å². The van der Waals surface area contributed by atoms with Crippen molar-refractivity contribution in [1.82, 2.24) is 0 Å². The third-order valence-electron chi connectivity index (χ3n) is 4.95. The Balaban J connectivity index is 1.98. The normalized spacial score (nSPS) is 12.8. The van der Waals surface area contributed by atoms with Crippen molar-refractivity contribution in [3.8, 4) is 11.5 Å². The Hall–Kier alpha value is -2.86. The van der Waals surface area contributed by atoms with Crippen molar-refractivity contribution in [3.05, 3.63) is 53.6 Å². The molecule has 6 nitrogen and oxygen atoms in total. The number of quaternary nitrogens is 1. The fourth-order valence-electron chi connectivity index (χ4n) is 2.96. The fraction of sp³-hybridized carbons (Fsp3) is 0.364. The Bertz CT molecular complexity index is 835. The number of amides is 1. The number of carbonyl (C=O) groups excluding carboxylic acids is 2. The van der Waals surface area contributed by atoms with Gasteiger partial charge in [0.25, 0.3) is 5.91 Å². The third-order valence-corrected chi connectivity index (χ3v) is 4.95. The van der Waals surface area contributed by atoms with Gasteiger partial charge in [-0.3, -0.25) is 9.59 Å². The first kappa shape index (κ1) is 21.4. The van der Waals surface area contributed by atoms with Crippen molar-refractivity contribution in [2.45, 2.75) is 26.3 Å². The predicted molar refractivity (Wildman–Crippen MR) is 110 cm³/mol. The summed E-state index contributed by atoms with van der Waals surface area (Å²) in [4.78, 5) is 25.5. The van der Waals surface area contributed by atoms with Crippen LogP contribution in [0.1, 0.15) is 29.8 Å². The van der Waals surface area contributed by atoms with E-state index in [1.807, 2.05) is 32.2 Å². The number of para-hydroxylation sites is 1. The number of anilines is 1. The topological polar surface area (TPSA) is 69.1 Å². The highest BCUT2D eigenvalue weighted by molar-refractivity contribution is 6.04. The molecule has 2 aromatic carbocycles. The molecule has 6 heteroatoms. The first-order chi connectivity index (χ1) is 13.4. The van der Waals surface area contributed by atoms with Crippen LogP contribution in [0.5, 0.6) is 11.5 Å². The minimum absolute atomic E-state index is 0.0716. The van der Waals surface area contributed by atoms with Crippen LogP contribution in [0.25, 0.3) is 0 Å². The summed E-state index contributed by atoms with van der Waals surface area (Å²) in [6.07, 6.45) is 0.799. The molecule has 0 saturated heterocycles. The summed E-state index contributed by atoms with van der Waals surface area (Å²) in [7, 11) is 5.21. The average molecular weight is 385 g/mol. The number of ketones is 1. The molecule has 0 bridgehead atoms. The number of carbonyl (C=O) groups is 2. The summed E-state index contributed by atoms with van der Waals surface area (Å²) in [5.41, 5.74) is 2.19. The molecular weight excluding hydrogens is 356 g/mol. The smallest absolute Gasteiger partial charge is 0.282 e. The molecule has 2 rings (SSSR count). The van der Waals surface area contributed by atoms with Crippen molar-refractivity contribution in [3.63, 3.8) is 0 Å². The van der Waals surface area contributed by atoms with Crippen molar-refractivity contribution in [2.24, 2.45) is 0 Å². The number of hydrogen-bond acceptors (Lipinski definition) is 4. The zero-order valence-electron chi connectivity index (χ0n) is 17.2. The number of likely N-dealkylation sites (N-methyl/N-ethyl adjacent to an activating group) is 1. The number of hydrogen-bond donors (Lipinski definition) is 2. The van der Waals surface area contributed by atoms with E-state index < -0.39 is 0 Å². The molecule has 0 aliphatic heterocycles. The van der Waals surface area contributed by atoms with Crippen molar-refractivity contribution in [1.29, 1.82) is 0 Å². The van der Waals surface area contributed by atoms with Crippen LogP contribution in [0.4, 0.5) is 5.69 Å². The lowest BCUT2D eigenvalue weighted by molar-refractivity contribution is -0.893. The summed E-state index contributed by atoms with van der Waals surface area (Å²) in [6, 6.07) is 12.6. The van der Waals surface area contributed by atoms with Gasteiger partial charge in [-0.25, -0.2) is 0 Å². The second-order valence-electron chi connectivity index (χ2n) is 6.85. The van der Waals surface area contributed by atoms with Gasteiger partial charge in [0, 0.05) is 12.0 Å². The molecule has 2 aromatic rings. The van der Waals surface area contributed by atoms with E-state index in [1.165, 1.54) is 6.92 Å². The van der Waals surface area contributed by atoms with Gasteiger partial charge in [0.15, 0.2) is 23.3 Å². The molecule has 28 heavy (non-hydrogen) atoms. The molecule has 0 fully saturated rings.